The smallest absolute Gasteiger partial charge is 0.126 e. The molecule has 0 bridgehead atoms. The summed E-state index contributed by atoms with van der Waals surface area (Å²) in [5, 5.41) is 0. The number of hydrogen-bond donors (Lipinski definition) is 0. The third-order valence-corrected chi connectivity index (χ3v) is 3.27. The van der Waals surface area contributed by atoms with Crippen LogP contribution < -0.4 is 4.74 Å². The summed E-state index contributed by atoms with van der Waals surface area (Å²) in [6.45, 7) is 0. The van der Waals surface area contributed by atoms with Crippen molar-refractivity contribution in [3.63, 3.8) is 0 Å². The Balaban J connectivity index is 2.09. The third kappa shape index (κ3) is 1.64. The maximum absolute atomic E-state index is 5.39. The van der Waals surface area contributed by atoms with E-state index in [9.17, 15) is 0 Å². The van der Waals surface area contributed by atoms with Crippen molar-refractivity contribution in [1.82, 2.24) is 0 Å². The quantitative estimate of drug-likeness (QED) is 0.749. The van der Waals surface area contributed by atoms with Gasteiger partial charge in [0.05, 0.1) is 7.11 Å². The second-order valence-electron chi connectivity index (χ2n) is 4.21. The van der Waals surface area contributed by atoms with Gasteiger partial charge in [-0.2, -0.15) is 0 Å². The molecule has 1 aliphatic carbocycles. The predicted octanol–water partition coefficient (Wildman–Crippen LogP) is 3.85. The fourth-order valence-electron chi connectivity index (χ4n) is 2.44. The van der Waals surface area contributed by atoms with Crippen LogP contribution in [-0.2, 0) is 0 Å². The first-order chi connectivity index (χ1) is 8.40. The molecule has 17 heavy (non-hydrogen) atoms. The summed E-state index contributed by atoms with van der Waals surface area (Å²) >= 11 is 0. The van der Waals surface area contributed by atoms with E-state index in [4.69, 9.17) is 4.74 Å². The van der Waals surface area contributed by atoms with Gasteiger partial charge in [-0.25, -0.2) is 0 Å². The number of fused-ring (bicyclic) bond motifs is 1. The number of allylic oxidation sites excluding steroid dienone is 1. The first-order valence-corrected chi connectivity index (χ1v) is 5.80. The molecule has 1 nitrogen and oxygen atoms in total. The van der Waals surface area contributed by atoms with Crippen LogP contribution in [0.15, 0.2) is 54.6 Å². The van der Waals surface area contributed by atoms with Crippen LogP contribution >= 0.6 is 0 Å². The first-order valence-electron chi connectivity index (χ1n) is 5.80. The molecule has 84 valence electrons. The molecule has 0 heterocycles. The predicted molar refractivity (Wildman–Crippen MR) is 70.3 cm³/mol. The van der Waals surface area contributed by atoms with Gasteiger partial charge in [-0.15, -0.1) is 0 Å². The van der Waals surface area contributed by atoms with Gasteiger partial charge in [-0.05, 0) is 17.2 Å². The van der Waals surface area contributed by atoms with Crippen LogP contribution in [-0.4, -0.2) is 7.11 Å². The SMILES string of the molecule is COc1cccc2c1C=CC2c1ccccc1. The Kier molecular flexibility index (Phi) is 2.45. The van der Waals surface area contributed by atoms with Crippen molar-refractivity contribution in [2.75, 3.05) is 7.11 Å². The molecule has 3 rings (SSSR count). The van der Waals surface area contributed by atoms with Crippen LogP contribution in [0.1, 0.15) is 22.6 Å². The molecule has 0 aromatic heterocycles. The molecule has 0 radical (unpaired) electrons. The van der Waals surface area contributed by atoms with Crippen LogP contribution in [0.2, 0.25) is 0 Å². The molecular formula is C16H14O. The van der Waals surface area contributed by atoms with Crippen LogP contribution in [0.5, 0.6) is 5.75 Å². The van der Waals surface area contributed by atoms with Crippen molar-refractivity contribution in [2.24, 2.45) is 0 Å². The van der Waals surface area contributed by atoms with Crippen LogP contribution in [0, 0.1) is 0 Å². The second-order valence-corrected chi connectivity index (χ2v) is 4.21. The highest BCUT2D eigenvalue weighted by molar-refractivity contribution is 5.70. The van der Waals surface area contributed by atoms with Crippen molar-refractivity contribution >= 4 is 6.08 Å². The fraction of sp³-hybridized carbons (Fsp3) is 0.125. The Morgan fingerprint density at radius 2 is 1.76 bits per heavy atom. The Hall–Kier alpha value is -2.02. The fourth-order valence-corrected chi connectivity index (χ4v) is 2.44. The van der Waals surface area contributed by atoms with Crippen molar-refractivity contribution in [3.05, 3.63) is 71.3 Å². The number of rotatable bonds is 2. The summed E-state index contributed by atoms with van der Waals surface area (Å²) in [6.07, 6.45) is 4.40. The van der Waals surface area contributed by atoms with Crippen molar-refractivity contribution in [2.45, 2.75) is 5.92 Å². The average Bonchev–Trinajstić information content (AvgIpc) is 2.83. The molecule has 2 aromatic rings. The Bertz CT molecular complexity index is 555. The molecular weight excluding hydrogens is 208 g/mol. The molecule has 0 aliphatic heterocycles. The van der Waals surface area contributed by atoms with Crippen molar-refractivity contribution in [3.8, 4) is 5.75 Å². The molecule has 0 saturated carbocycles. The minimum absolute atomic E-state index is 0.362. The molecule has 0 spiro atoms. The van der Waals surface area contributed by atoms with E-state index < -0.39 is 0 Å². The minimum atomic E-state index is 0.362. The summed E-state index contributed by atoms with van der Waals surface area (Å²) in [5.74, 6) is 1.32. The largest absolute Gasteiger partial charge is 0.496 e. The topological polar surface area (TPSA) is 9.23 Å². The monoisotopic (exact) mass is 222 g/mol. The van der Waals surface area contributed by atoms with E-state index in [1.165, 1.54) is 16.7 Å². The van der Waals surface area contributed by atoms with Gasteiger partial charge in [0.1, 0.15) is 5.75 Å². The molecule has 1 aliphatic rings. The lowest BCUT2D eigenvalue weighted by Crippen LogP contribution is -1.96. The van der Waals surface area contributed by atoms with Crippen LogP contribution in [0.4, 0.5) is 0 Å². The molecule has 2 aromatic carbocycles. The van der Waals surface area contributed by atoms with Gasteiger partial charge in [0, 0.05) is 11.5 Å². The number of hydrogen-bond acceptors (Lipinski definition) is 1. The molecule has 1 heteroatoms. The maximum atomic E-state index is 5.39. The zero-order chi connectivity index (χ0) is 11.7. The van der Waals surface area contributed by atoms with E-state index in [-0.39, 0.29) is 0 Å². The number of benzene rings is 2. The zero-order valence-corrected chi connectivity index (χ0v) is 9.76. The van der Waals surface area contributed by atoms with Gasteiger partial charge in [-0.3, -0.25) is 0 Å². The first kappa shape index (κ1) is 10.2. The molecule has 0 N–H and O–H groups in total. The highest BCUT2D eigenvalue weighted by atomic mass is 16.5. The normalized spacial score (nSPS) is 16.9. The molecule has 0 fully saturated rings. The van der Waals surface area contributed by atoms with E-state index in [0.717, 1.165) is 5.75 Å². The summed E-state index contributed by atoms with van der Waals surface area (Å²) in [7, 11) is 1.72. The zero-order valence-electron chi connectivity index (χ0n) is 9.76. The molecule has 0 saturated heterocycles. The summed E-state index contributed by atoms with van der Waals surface area (Å²) in [5.41, 5.74) is 3.87. The van der Waals surface area contributed by atoms with Gasteiger partial charge in [-0.1, -0.05) is 54.6 Å². The van der Waals surface area contributed by atoms with E-state index in [0.29, 0.717) is 5.92 Å². The van der Waals surface area contributed by atoms with Gasteiger partial charge < -0.3 is 4.74 Å². The lowest BCUT2D eigenvalue weighted by atomic mass is 9.93. The van der Waals surface area contributed by atoms with Gasteiger partial charge in [0.15, 0.2) is 0 Å². The molecule has 1 unspecified atom stereocenters. The standard InChI is InChI=1S/C16H14O/c1-17-16-9-5-8-14-13(10-11-15(14)16)12-6-3-2-4-7-12/h2-11,13H,1H3. The van der Waals surface area contributed by atoms with E-state index in [2.05, 4.69) is 54.6 Å². The highest BCUT2D eigenvalue weighted by Crippen LogP contribution is 2.39. The van der Waals surface area contributed by atoms with Gasteiger partial charge >= 0.3 is 0 Å². The van der Waals surface area contributed by atoms with E-state index >= 15 is 0 Å². The third-order valence-electron chi connectivity index (χ3n) is 3.27. The van der Waals surface area contributed by atoms with Gasteiger partial charge in [0.25, 0.3) is 0 Å². The van der Waals surface area contributed by atoms with Crippen molar-refractivity contribution in [1.29, 1.82) is 0 Å². The van der Waals surface area contributed by atoms with E-state index in [1.807, 2.05) is 6.07 Å². The summed E-state index contributed by atoms with van der Waals surface area (Å²) < 4.78 is 5.39. The van der Waals surface area contributed by atoms with Gasteiger partial charge in [0.2, 0.25) is 0 Å². The lowest BCUT2D eigenvalue weighted by molar-refractivity contribution is 0.413. The lowest BCUT2D eigenvalue weighted by Gasteiger charge is -2.12. The van der Waals surface area contributed by atoms with Crippen LogP contribution in [0.25, 0.3) is 6.08 Å². The summed E-state index contributed by atoms with van der Waals surface area (Å²) in [6, 6.07) is 16.8. The van der Waals surface area contributed by atoms with Crippen LogP contribution in [0.3, 0.4) is 0 Å². The number of methoxy groups -OCH3 is 1. The Morgan fingerprint density at radius 3 is 2.53 bits per heavy atom. The molecule has 1 atom stereocenters. The second kappa shape index (κ2) is 4.10. The Labute approximate surface area is 101 Å². The summed E-state index contributed by atoms with van der Waals surface area (Å²) in [4.78, 5) is 0. The number of ether oxygens (including phenoxy) is 1. The highest BCUT2D eigenvalue weighted by Gasteiger charge is 2.20. The Morgan fingerprint density at radius 1 is 0.941 bits per heavy atom. The van der Waals surface area contributed by atoms with E-state index in [1.54, 1.807) is 7.11 Å². The van der Waals surface area contributed by atoms with Crippen molar-refractivity contribution < 1.29 is 4.74 Å². The molecule has 0 amide bonds. The maximum Gasteiger partial charge on any atom is 0.126 e. The average molecular weight is 222 g/mol. The minimum Gasteiger partial charge on any atom is -0.496 e.